The molecule has 4 rings (SSSR count). The van der Waals surface area contributed by atoms with Gasteiger partial charge in [0.1, 0.15) is 11.3 Å². The Morgan fingerprint density at radius 2 is 2.04 bits per heavy atom. The number of nitrogens with zero attached hydrogens (tertiary/aromatic N) is 2. The summed E-state index contributed by atoms with van der Waals surface area (Å²) >= 11 is 0. The Hall–Kier alpha value is -2.87. The minimum Gasteiger partial charge on any atom is -0.390 e. The minimum absolute atomic E-state index is 0.112. The van der Waals surface area contributed by atoms with Crippen molar-refractivity contribution >= 4 is 22.6 Å². The molecule has 0 unspecified atom stereocenters. The molecule has 0 fully saturated rings. The smallest absolute Gasteiger partial charge is 0.390 e. The maximum absolute atomic E-state index is 13.1. The lowest BCUT2D eigenvalue weighted by Gasteiger charge is -2.13. The van der Waals surface area contributed by atoms with Crippen LogP contribution in [-0.4, -0.2) is 20.6 Å². The molecule has 5 nitrogen and oxygen atoms in total. The van der Waals surface area contributed by atoms with Gasteiger partial charge in [0.2, 0.25) is 5.91 Å². The van der Waals surface area contributed by atoms with Crippen LogP contribution in [0.25, 0.3) is 16.7 Å². The van der Waals surface area contributed by atoms with Crippen LogP contribution >= 0.6 is 0 Å². The molecular weight excluding hydrogens is 347 g/mol. The molecule has 0 spiro atoms. The van der Waals surface area contributed by atoms with Crippen molar-refractivity contribution in [3.63, 3.8) is 0 Å². The summed E-state index contributed by atoms with van der Waals surface area (Å²) < 4.78 is 40.7. The van der Waals surface area contributed by atoms with Gasteiger partial charge >= 0.3 is 6.18 Å². The normalized spacial score (nSPS) is 14.0. The standard InChI is InChI=1S/C18H14F3N3O2/c1-9-4-12(6-11-7-15(26)23-16(9)11)24-13(8-25)5-10-2-3-14(18(19,20)21)22-17(10)24/h2-6,25H,7-8H2,1H3,(H,23,26). The van der Waals surface area contributed by atoms with Gasteiger partial charge in [-0.05, 0) is 48.4 Å². The van der Waals surface area contributed by atoms with Crippen LogP contribution in [0.4, 0.5) is 18.9 Å². The van der Waals surface area contributed by atoms with Crippen LogP contribution < -0.4 is 5.32 Å². The third-order valence-electron chi connectivity index (χ3n) is 4.45. The minimum atomic E-state index is -4.56. The van der Waals surface area contributed by atoms with Gasteiger partial charge in [-0.2, -0.15) is 13.2 Å². The maximum atomic E-state index is 13.1. The number of hydrogen-bond acceptors (Lipinski definition) is 3. The summed E-state index contributed by atoms with van der Waals surface area (Å²) in [5.41, 5.74) is 2.38. The van der Waals surface area contributed by atoms with Gasteiger partial charge in [0.15, 0.2) is 0 Å². The number of anilines is 1. The highest BCUT2D eigenvalue weighted by atomic mass is 19.4. The van der Waals surface area contributed by atoms with Crippen molar-refractivity contribution < 1.29 is 23.1 Å². The Balaban J connectivity index is 1.97. The summed E-state index contributed by atoms with van der Waals surface area (Å²) in [7, 11) is 0. The van der Waals surface area contributed by atoms with Gasteiger partial charge < -0.3 is 10.4 Å². The first-order chi connectivity index (χ1) is 12.3. The second kappa shape index (κ2) is 5.57. The highest BCUT2D eigenvalue weighted by molar-refractivity contribution is 6.00. The van der Waals surface area contributed by atoms with Crippen LogP contribution in [0.2, 0.25) is 0 Å². The number of aromatic nitrogens is 2. The van der Waals surface area contributed by atoms with E-state index in [0.717, 1.165) is 22.9 Å². The Kier molecular flexibility index (Phi) is 3.55. The van der Waals surface area contributed by atoms with E-state index < -0.39 is 11.9 Å². The summed E-state index contributed by atoms with van der Waals surface area (Å²) in [5, 5.41) is 12.9. The van der Waals surface area contributed by atoms with Gasteiger partial charge in [-0.15, -0.1) is 0 Å². The number of pyridine rings is 1. The van der Waals surface area contributed by atoms with Crippen molar-refractivity contribution in [2.45, 2.75) is 26.1 Å². The van der Waals surface area contributed by atoms with Crippen LogP contribution in [0.5, 0.6) is 0 Å². The van der Waals surface area contributed by atoms with Gasteiger partial charge in [0, 0.05) is 16.8 Å². The molecule has 0 bridgehead atoms. The molecule has 0 aliphatic carbocycles. The van der Waals surface area contributed by atoms with E-state index in [1.54, 1.807) is 18.2 Å². The molecule has 2 N–H and O–H groups in total. The van der Waals surface area contributed by atoms with Crippen LogP contribution in [0.15, 0.2) is 30.3 Å². The summed E-state index contributed by atoms with van der Waals surface area (Å²) in [5.74, 6) is -0.127. The number of carbonyl (C=O) groups excluding carboxylic acids is 1. The number of halogens is 3. The third-order valence-corrected chi connectivity index (χ3v) is 4.45. The molecule has 2 aromatic heterocycles. The Labute approximate surface area is 146 Å². The van der Waals surface area contributed by atoms with E-state index in [0.29, 0.717) is 16.8 Å². The molecular formula is C18H14F3N3O2. The number of hydrogen-bond donors (Lipinski definition) is 2. The SMILES string of the molecule is Cc1cc(-n2c(CO)cc3ccc(C(F)(F)F)nc32)cc2c1NC(=O)C2. The number of amides is 1. The number of aliphatic hydroxyl groups is 1. The number of alkyl halides is 3. The third kappa shape index (κ3) is 2.53. The highest BCUT2D eigenvalue weighted by Crippen LogP contribution is 2.34. The first-order valence-electron chi connectivity index (χ1n) is 7.91. The van der Waals surface area contributed by atoms with Gasteiger partial charge in [0.05, 0.1) is 18.7 Å². The topological polar surface area (TPSA) is 67.2 Å². The van der Waals surface area contributed by atoms with E-state index in [1.165, 1.54) is 10.6 Å². The van der Waals surface area contributed by atoms with E-state index in [4.69, 9.17) is 0 Å². The zero-order chi connectivity index (χ0) is 18.6. The Morgan fingerprint density at radius 3 is 2.73 bits per heavy atom. The molecule has 8 heteroatoms. The van der Waals surface area contributed by atoms with E-state index in [2.05, 4.69) is 10.3 Å². The summed E-state index contributed by atoms with van der Waals surface area (Å²) in [4.78, 5) is 15.4. The van der Waals surface area contributed by atoms with Crippen LogP contribution in [0, 0.1) is 6.92 Å². The molecule has 3 aromatic rings. The van der Waals surface area contributed by atoms with E-state index >= 15 is 0 Å². The fraction of sp³-hybridized carbons (Fsp3) is 0.222. The van der Waals surface area contributed by atoms with Crippen molar-refractivity contribution in [3.05, 3.63) is 52.8 Å². The predicted octanol–water partition coefficient (Wildman–Crippen LogP) is 3.34. The highest BCUT2D eigenvalue weighted by Gasteiger charge is 2.33. The molecule has 1 amide bonds. The quantitative estimate of drug-likeness (QED) is 0.736. The summed E-state index contributed by atoms with van der Waals surface area (Å²) in [6.07, 6.45) is -4.36. The lowest BCUT2D eigenvalue weighted by Crippen LogP contribution is -2.09. The monoisotopic (exact) mass is 361 g/mol. The fourth-order valence-corrected chi connectivity index (χ4v) is 3.34. The number of aliphatic hydroxyl groups excluding tert-OH is 1. The zero-order valence-electron chi connectivity index (χ0n) is 13.7. The second-order valence-corrected chi connectivity index (χ2v) is 6.26. The molecule has 0 saturated heterocycles. The molecule has 0 saturated carbocycles. The first-order valence-corrected chi connectivity index (χ1v) is 7.91. The molecule has 1 aromatic carbocycles. The molecule has 1 aliphatic rings. The second-order valence-electron chi connectivity index (χ2n) is 6.26. The average molecular weight is 361 g/mol. The van der Waals surface area contributed by atoms with Crippen molar-refractivity contribution in [2.24, 2.45) is 0 Å². The van der Waals surface area contributed by atoms with E-state index in [1.807, 2.05) is 6.92 Å². The molecule has 0 atom stereocenters. The zero-order valence-corrected chi connectivity index (χ0v) is 13.7. The maximum Gasteiger partial charge on any atom is 0.433 e. The van der Waals surface area contributed by atoms with Crippen LogP contribution in [-0.2, 0) is 24.0 Å². The number of fused-ring (bicyclic) bond motifs is 2. The number of nitrogens with one attached hydrogen (secondary N) is 1. The van der Waals surface area contributed by atoms with Crippen molar-refractivity contribution in [1.29, 1.82) is 0 Å². The van der Waals surface area contributed by atoms with E-state index in [9.17, 15) is 23.1 Å². The summed E-state index contributed by atoms with van der Waals surface area (Å²) in [6, 6.07) is 7.36. The average Bonchev–Trinajstić information content (AvgIpc) is 3.12. The lowest BCUT2D eigenvalue weighted by molar-refractivity contribution is -0.141. The van der Waals surface area contributed by atoms with Crippen LogP contribution in [0.3, 0.4) is 0 Å². The Bertz CT molecular complexity index is 1050. The molecule has 1 aliphatic heterocycles. The molecule has 26 heavy (non-hydrogen) atoms. The van der Waals surface area contributed by atoms with Gasteiger partial charge in [-0.25, -0.2) is 4.98 Å². The molecule has 134 valence electrons. The van der Waals surface area contributed by atoms with Gasteiger partial charge in [0.25, 0.3) is 0 Å². The van der Waals surface area contributed by atoms with Crippen molar-refractivity contribution in [3.8, 4) is 5.69 Å². The first kappa shape index (κ1) is 16.6. The predicted molar refractivity (Wildman–Crippen MR) is 89.1 cm³/mol. The van der Waals surface area contributed by atoms with Crippen molar-refractivity contribution in [2.75, 3.05) is 5.32 Å². The lowest BCUT2D eigenvalue weighted by atomic mass is 10.1. The van der Waals surface area contributed by atoms with E-state index in [-0.39, 0.29) is 24.6 Å². The largest absolute Gasteiger partial charge is 0.433 e. The summed E-state index contributed by atoms with van der Waals surface area (Å²) in [6.45, 7) is 1.46. The number of aryl methyl sites for hydroxylation is 1. The van der Waals surface area contributed by atoms with Gasteiger partial charge in [-0.3, -0.25) is 9.36 Å². The number of rotatable bonds is 2. The Morgan fingerprint density at radius 1 is 1.27 bits per heavy atom. The van der Waals surface area contributed by atoms with Gasteiger partial charge in [-0.1, -0.05) is 0 Å². The number of benzene rings is 1. The van der Waals surface area contributed by atoms with Crippen molar-refractivity contribution in [1.82, 2.24) is 9.55 Å². The molecule has 3 heterocycles. The van der Waals surface area contributed by atoms with Crippen LogP contribution in [0.1, 0.15) is 22.5 Å². The molecule has 0 radical (unpaired) electrons. The number of carbonyl (C=O) groups is 1. The fourth-order valence-electron chi connectivity index (χ4n) is 3.34.